The smallest absolute Gasteiger partial charge is 0.0203 e. The highest BCUT2D eigenvalue weighted by Crippen LogP contribution is 2.56. The molecule has 42 heavy (non-hydrogen) atoms. The Balaban J connectivity index is 1.50. The van der Waals surface area contributed by atoms with Crippen LogP contribution < -0.4 is 0 Å². The molecule has 5 rings (SSSR count). The number of allylic oxidation sites excluding steroid dienone is 13. The summed E-state index contributed by atoms with van der Waals surface area (Å²) in [6, 6.07) is 13.9. The Morgan fingerprint density at radius 3 is 2.40 bits per heavy atom. The largest absolute Gasteiger partial charge is 0.0955 e. The number of aryl methyl sites for hydroxylation is 3. The molecule has 2 aromatic rings. The summed E-state index contributed by atoms with van der Waals surface area (Å²) in [6.07, 6.45) is 15.7. The van der Waals surface area contributed by atoms with Gasteiger partial charge in [0.2, 0.25) is 0 Å². The van der Waals surface area contributed by atoms with Crippen molar-refractivity contribution in [2.24, 2.45) is 5.92 Å². The molecule has 2 aromatic carbocycles. The van der Waals surface area contributed by atoms with Crippen molar-refractivity contribution in [3.8, 4) is 0 Å². The SMILES string of the molecule is C=C(CCC)C1=C(C)C=C2C/C(=C\C3=CC=C(c4ccc(C)cc4C(=C)C)C3)C(=C)C2C1c1cc(CC)ccc1CC. The quantitative estimate of drug-likeness (QED) is 0.290. The van der Waals surface area contributed by atoms with Crippen LogP contribution in [-0.4, -0.2) is 0 Å². The summed E-state index contributed by atoms with van der Waals surface area (Å²) >= 11 is 0. The van der Waals surface area contributed by atoms with Crippen molar-refractivity contribution < 1.29 is 0 Å². The van der Waals surface area contributed by atoms with Gasteiger partial charge in [-0.1, -0.05) is 130 Å². The molecule has 0 N–H and O–H groups in total. The lowest BCUT2D eigenvalue weighted by atomic mass is 9.68. The minimum absolute atomic E-state index is 0.279. The summed E-state index contributed by atoms with van der Waals surface area (Å²) < 4.78 is 0. The Kier molecular flexibility index (Phi) is 8.74. The number of rotatable bonds is 9. The molecule has 1 saturated carbocycles. The van der Waals surface area contributed by atoms with Crippen molar-refractivity contribution in [2.75, 3.05) is 0 Å². The van der Waals surface area contributed by atoms with E-state index in [4.69, 9.17) is 6.58 Å². The van der Waals surface area contributed by atoms with Crippen molar-refractivity contribution in [1.82, 2.24) is 0 Å². The van der Waals surface area contributed by atoms with E-state index in [9.17, 15) is 0 Å². The summed E-state index contributed by atoms with van der Waals surface area (Å²) in [5, 5.41) is 0. The lowest BCUT2D eigenvalue weighted by Gasteiger charge is -2.36. The number of benzene rings is 2. The van der Waals surface area contributed by atoms with Gasteiger partial charge in [0, 0.05) is 11.8 Å². The second-order valence-electron chi connectivity index (χ2n) is 12.7. The predicted octanol–water partition coefficient (Wildman–Crippen LogP) is 11.8. The number of fused-ring (bicyclic) bond motifs is 1. The molecule has 0 spiro atoms. The van der Waals surface area contributed by atoms with Crippen LogP contribution in [0, 0.1) is 12.8 Å². The normalized spacial score (nSPS) is 21.0. The molecule has 0 amide bonds. The maximum absolute atomic E-state index is 4.81. The van der Waals surface area contributed by atoms with Crippen molar-refractivity contribution in [2.45, 2.75) is 86.0 Å². The van der Waals surface area contributed by atoms with Gasteiger partial charge in [-0.3, -0.25) is 0 Å². The van der Waals surface area contributed by atoms with E-state index in [0.29, 0.717) is 5.92 Å². The number of hydrogen-bond acceptors (Lipinski definition) is 0. The van der Waals surface area contributed by atoms with Gasteiger partial charge in [-0.05, 0) is 114 Å². The zero-order valence-corrected chi connectivity index (χ0v) is 26.8. The highest BCUT2D eigenvalue weighted by molar-refractivity contribution is 5.82. The molecule has 3 aliphatic rings. The molecule has 0 saturated heterocycles. The van der Waals surface area contributed by atoms with Gasteiger partial charge >= 0.3 is 0 Å². The number of hydrogen-bond donors (Lipinski definition) is 0. The van der Waals surface area contributed by atoms with E-state index in [1.165, 1.54) is 78.0 Å². The van der Waals surface area contributed by atoms with Crippen LogP contribution in [0.25, 0.3) is 11.1 Å². The van der Waals surface area contributed by atoms with E-state index in [-0.39, 0.29) is 5.92 Å². The molecule has 0 aliphatic heterocycles. The first-order valence-electron chi connectivity index (χ1n) is 15.9. The van der Waals surface area contributed by atoms with Gasteiger partial charge < -0.3 is 0 Å². The molecule has 0 radical (unpaired) electrons. The van der Waals surface area contributed by atoms with Crippen LogP contribution in [0.5, 0.6) is 0 Å². The van der Waals surface area contributed by atoms with Gasteiger partial charge in [-0.2, -0.15) is 0 Å². The van der Waals surface area contributed by atoms with E-state index < -0.39 is 0 Å². The highest BCUT2D eigenvalue weighted by Gasteiger charge is 2.41. The summed E-state index contributed by atoms with van der Waals surface area (Å²) in [6.45, 7) is 27.1. The highest BCUT2D eigenvalue weighted by atomic mass is 14.4. The van der Waals surface area contributed by atoms with Crippen molar-refractivity contribution in [3.05, 3.63) is 153 Å². The Bertz CT molecular complexity index is 1620. The van der Waals surface area contributed by atoms with Crippen molar-refractivity contribution >= 4 is 11.1 Å². The van der Waals surface area contributed by atoms with Gasteiger partial charge in [-0.25, -0.2) is 0 Å². The topological polar surface area (TPSA) is 0 Å². The Morgan fingerprint density at radius 2 is 1.71 bits per heavy atom. The third-order valence-electron chi connectivity index (χ3n) is 9.55. The van der Waals surface area contributed by atoms with E-state index in [0.717, 1.165) is 44.1 Å². The molecule has 0 heterocycles. The maximum atomic E-state index is 4.81. The first-order chi connectivity index (χ1) is 20.2. The summed E-state index contributed by atoms with van der Waals surface area (Å²) in [4.78, 5) is 0. The van der Waals surface area contributed by atoms with Gasteiger partial charge in [0.25, 0.3) is 0 Å². The van der Waals surface area contributed by atoms with Gasteiger partial charge in [0.05, 0.1) is 0 Å². The second kappa shape index (κ2) is 12.3. The van der Waals surface area contributed by atoms with Crippen LogP contribution in [-0.2, 0) is 12.8 Å². The molecular formula is C42H48. The van der Waals surface area contributed by atoms with Crippen molar-refractivity contribution in [1.29, 1.82) is 0 Å². The van der Waals surface area contributed by atoms with Crippen LogP contribution in [0.15, 0.2) is 119 Å². The molecule has 3 aliphatic carbocycles. The van der Waals surface area contributed by atoms with Gasteiger partial charge in [0.15, 0.2) is 0 Å². The van der Waals surface area contributed by atoms with Gasteiger partial charge in [0.1, 0.15) is 0 Å². The Hall–Kier alpha value is -3.64. The fourth-order valence-corrected chi connectivity index (χ4v) is 7.43. The van der Waals surface area contributed by atoms with Crippen LogP contribution >= 0.6 is 0 Å². The third-order valence-corrected chi connectivity index (χ3v) is 9.55. The summed E-state index contributed by atoms with van der Waals surface area (Å²) in [5.41, 5.74) is 20.4. The van der Waals surface area contributed by atoms with Crippen LogP contribution in [0.4, 0.5) is 0 Å². The summed E-state index contributed by atoms with van der Waals surface area (Å²) in [7, 11) is 0. The predicted molar refractivity (Wildman–Crippen MR) is 185 cm³/mol. The lowest BCUT2D eigenvalue weighted by molar-refractivity contribution is 0.613. The minimum atomic E-state index is 0.279. The first kappa shape index (κ1) is 29.8. The van der Waals surface area contributed by atoms with Crippen LogP contribution in [0.2, 0.25) is 0 Å². The fraction of sp³-hybridized carbons (Fsp3) is 0.333. The molecule has 0 aromatic heterocycles. The Morgan fingerprint density at radius 1 is 0.929 bits per heavy atom. The van der Waals surface area contributed by atoms with E-state index in [2.05, 4.69) is 115 Å². The average molecular weight is 553 g/mol. The zero-order chi connectivity index (χ0) is 30.1. The van der Waals surface area contributed by atoms with Crippen LogP contribution in [0.3, 0.4) is 0 Å². The second-order valence-corrected chi connectivity index (χ2v) is 12.7. The lowest BCUT2D eigenvalue weighted by Crippen LogP contribution is -2.22. The maximum Gasteiger partial charge on any atom is 0.0203 e. The van der Waals surface area contributed by atoms with E-state index >= 15 is 0 Å². The molecule has 0 heteroatoms. The first-order valence-corrected chi connectivity index (χ1v) is 15.9. The zero-order valence-electron chi connectivity index (χ0n) is 26.8. The molecule has 0 nitrogen and oxygen atoms in total. The molecule has 216 valence electrons. The van der Waals surface area contributed by atoms with Crippen LogP contribution in [0.1, 0.15) is 99.6 Å². The molecular weight excluding hydrogens is 504 g/mol. The van der Waals surface area contributed by atoms with E-state index in [1.807, 2.05) is 0 Å². The minimum Gasteiger partial charge on any atom is -0.0955 e. The monoisotopic (exact) mass is 552 g/mol. The molecule has 0 bridgehead atoms. The fourth-order valence-electron chi connectivity index (χ4n) is 7.43. The Labute approximate surface area is 255 Å². The van der Waals surface area contributed by atoms with Crippen molar-refractivity contribution in [3.63, 3.8) is 0 Å². The summed E-state index contributed by atoms with van der Waals surface area (Å²) in [5.74, 6) is 0.573. The third kappa shape index (κ3) is 5.57. The molecule has 1 fully saturated rings. The molecule has 2 atom stereocenters. The van der Waals surface area contributed by atoms with E-state index in [1.54, 1.807) is 0 Å². The standard InChI is InChI=1S/C42H48/c1-10-13-28(7)40-29(8)21-36-25-35(30(9)41(36)42(40)39-24-31(11-2)15-17-33(39)12-3)23-32-16-18-34(22-32)37-19-14-27(6)20-38(37)26(4)5/h14-21,23-24,41-42H,4,7,9-13,22,25H2,1-3,5-6,8H3/b35-23+. The van der Waals surface area contributed by atoms with Gasteiger partial charge in [-0.15, -0.1) is 0 Å². The average Bonchev–Trinajstić information content (AvgIpc) is 3.55. The molecule has 2 unspecified atom stereocenters.